The van der Waals surface area contributed by atoms with Gasteiger partial charge in [-0.3, -0.25) is 19.7 Å². The van der Waals surface area contributed by atoms with Gasteiger partial charge < -0.3 is 5.32 Å². The molecule has 166 valence electrons. The van der Waals surface area contributed by atoms with Crippen LogP contribution in [0.4, 0.5) is 5.69 Å². The monoisotopic (exact) mass is 431 g/mol. The topological polar surface area (TPSA) is 88.1 Å². The van der Waals surface area contributed by atoms with Crippen molar-refractivity contribution >= 4 is 28.4 Å². The number of anilines is 1. The van der Waals surface area contributed by atoms with Crippen LogP contribution in [0.1, 0.15) is 67.7 Å². The molecule has 3 aromatic rings. The van der Waals surface area contributed by atoms with Crippen molar-refractivity contribution in [2.45, 2.75) is 51.6 Å². The summed E-state index contributed by atoms with van der Waals surface area (Å²) in [5.74, 6) is 0.287. The van der Waals surface area contributed by atoms with Gasteiger partial charge in [0.1, 0.15) is 0 Å². The molecule has 5 rings (SSSR count). The van der Waals surface area contributed by atoms with Crippen LogP contribution in [0.25, 0.3) is 10.9 Å². The fraction of sp³-hybridized carbons (Fsp3) is 0.400. The van der Waals surface area contributed by atoms with Gasteiger partial charge in [0.25, 0.3) is 5.91 Å². The summed E-state index contributed by atoms with van der Waals surface area (Å²) in [6.07, 6.45) is 4.30. The van der Waals surface area contributed by atoms with Gasteiger partial charge in [0.2, 0.25) is 5.91 Å². The third-order valence-electron chi connectivity index (χ3n) is 6.78. The molecule has 2 fully saturated rings. The zero-order valence-electron chi connectivity index (χ0n) is 18.5. The lowest BCUT2D eigenvalue weighted by Crippen LogP contribution is -2.55. The van der Waals surface area contributed by atoms with Gasteiger partial charge in [-0.15, -0.1) is 0 Å². The van der Waals surface area contributed by atoms with Crippen LogP contribution in [-0.4, -0.2) is 21.6 Å². The van der Waals surface area contributed by atoms with E-state index in [9.17, 15) is 9.59 Å². The predicted octanol–water partition coefficient (Wildman–Crippen LogP) is 4.35. The number of aromatic nitrogens is 2. The number of hydrazine groups is 1. The largest absolute Gasteiger partial charge is 0.321 e. The molecule has 1 aromatic heterocycles. The fourth-order valence-corrected chi connectivity index (χ4v) is 5.18. The Morgan fingerprint density at radius 1 is 1.09 bits per heavy atom. The summed E-state index contributed by atoms with van der Waals surface area (Å²) in [5.41, 5.74) is 9.29. The van der Waals surface area contributed by atoms with Crippen LogP contribution in [0.2, 0.25) is 0 Å². The number of rotatable bonds is 4. The van der Waals surface area contributed by atoms with Gasteiger partial charge in [-0.1, -0.05) is 43.2 Å². The van der Waals surface area contributed by atoms with Crippen LogP contribution in [-0.2, 0) is 4.79 Å². The number of hydrogen-bond donors (Lipinski definition) is 3. The Hall–Kier alpha value is -3.19. The summed E-state index contributed by atoms with van der Waals surface area (Å²) in [6, 6.07) is 16.0. The van der Waals surface area contributed by atoms with Crippen molar-refractivity contribution in [3.05, 3.63) is 59.8 Å². The average molecular weight is 432 g/mol. The van der Waals surface area contributed by atoms with Crippen molar-refractivity contribution in [3.8, 4) is 0 Å². The summed E-state index contributed by atoms with van der Waals surface area (Å²) in [4.78, 5) is 25.3. The van der Waals surface area contributed by atoms with Crippen LogP contribution in [0.15, 0.2) is 48.5 Å². The Morgan fingerprint density at radius 2 is 1.84 bits per heavy atom. The zero-order chi connectivity index (χ0) is 22.2. The molecule has 3 unspecified atom stereocenters. The minimum absolute atomic E-state index is 0.0822. The number of carbonyl (C=O) groups is 2. The molecule has 2 amide bonds. The molecule has 1 aliphatic heterocycles. The van der Waals surface area contributed by atoms with Crippen LogP contribution in [0.3, 0.4) is 0 Å². The van der Waals surface area contributed by atoms with E-state index in [2.05, 4.69) is 35.1 Å². The highest BCUT2D eigenvalue weighted by Crippen LogP contribution is 2.40. The molecule has 2 aromatic carbocycles. The van der Waals surface area contributed by atoms with E-state index < -0.39 is 0 Å². The first-order valence-corrected chi connectivity index (χ1v) is 11.5. The van der Waals surface area contributed by atoms with Crippen LogP contribution >= 0.6 is 0 Å². The third-order valence-corrected chi connectivity index (χ3v) is 6.78. The van der Waals surface area contributed by atoms with Gasteiger partial charge in [0, 0.05) is 23.0 Å². The number of carbonyl (C=O) groups excluding carboxylic acids is 2. The second-order valence-electron chi connectivity index (χ2n) is 9.15. The highest BCUT2D eigenvalue weighted by molar-refractivity contribution is 6.11. The lowest BCUT2D eigenvalue weighted by molar-refractivity contribution is -0.133. The van der Waals surface area contributed by atoms with Crippen molar-refractivity contribution in [2.75, 3.05) is 5.32 Å². The number of amides is 2. The maximum Gasteiger partial charge on any atom is 0.276 e. The number of fused-ring (bicyclic) bond motifs is 2. The van der Waals surface area contributed by atoms with Gasteiger partial charge in [0.15, 0.2) is 5.69 Å². The zero-order valence-corrected chi connectivity index (χ0v) is 18.5. The van der Waals surface area contributed by atoms with E-state index in [1.165, 1.54) is 0 Å². The van der Waals surface area contributed by atoms with E-state index in [0.717, 1.165) is 47.8 Å². The number of hydrogen-bond acceptors (Lipinski definition) is 4. The standard InChI is InChI=1S/C25H29N5O2/c1-15(2)30-21-10-6-5-9-20(21)23(29-30)25(32)26-17-13-11-16(12-14-17)22-18-7-3-4-8-19(18)24(31)28-27-22/h5-6,9-15,18-19,22,27H,3-4,7-8H2,1-2H3,(H,26,32)(H,28,31). The molecular formula is C25H29N5O2. The number of nitrogens with one attached hydrogen (secondary N) is 3. The van der Waals surface area contributed by atoms with E-state index in [4.69, 9.17) is 0 Å². The van der Waals surface area contributed by atoms with E-state index in [-0.39, 0.29) is 29.8 Å². The van der Waals surface area contributed by atoms with Crippen molar-refractivity contribution in [1.29, 1.82) is 0 Å². The lowest BCUT2D eigenvalue weighted by Gasteiger charge is -2.41. The SMILES string of the molecule is CC(C)n1nc(C(=O)Nc2ccc(C3NNC(=O)C4CCCCC43)cc2)c2ccccc21. The number of nitrogens with zero attached hydrogens (tertiary/aromatic N) is 2. The van der Waals surface area contributed by atoms with Crippen molar-refractivity contribution in [3.63, 3.8) is 0 Å². The molecule has 2 aliphatic rings. The Morgan fingerprint density at radius 3 is 2.62 bits per heavy atom. The van der Waals surface area contributed by atoms with Gasteiger partial charge in [0.05, 0.1) is 11.6 Å². The molecule has 32 heavy (non-hydrogen) atoms. The molecular weight excluding hydrogens is 402 g/mol. The fourth-order valence-electron chi connectivity index (χ4n) is 5.18. The second kappa shape index (κ2) is 8.39. The Labute approximate surface area is 187 Å². The molecule has 3 N–H and O–H groups in total. The third kappa shape index (κ3) is 3.66. The van der Waals surface area contributed by atoms with Crippen molar-refractivity contribution in [2.24, 2.45) is 11.8 Å². The van der Waals surface area contributed by atoms with Gasteiger partial charge in [-0.25, -0.2) is 5.43 Å². The maximum absolute atomic E-state index is 13.0. The van der Waals surface area contributed by atoms with Crippen molar-refractivity contribution < 1.29 is 9.59 Å². The number of benzene rings is 2. The highest BCUT2D eigenvalue weighted by Gasteiger charge is 2.40. The summed E-state index contributed by atoms with van der Waals surface area (Å²) < 4.78 is 1.89. The molecule has 2 heterocycles. The van der Waals surface area contributed by atoms with E-state index in [1.54, 1.807) is 0 Å². The normalized spacial score (nSPS) is 23.1. The minimum Gasteiger partial charge on any atom is -0.321 e. The molecule has 0 spiro atoms. The quantitative estimate of drug-likeness (QED) is 0.573. The van der Waals surface area contributed by atoms with E-state index in [0.29, 0.717) is 11.6 Å². The van der Waals surface area contributed by atoms with Gasteiger partial charge >= 0.3 is 0 Å². The summed E-state index contributed by atoms with van der Waals surface area (Å²) in [7, 11) is 0. The van der Waals surface area contributed by atoms with E-state index in [1.807, 2.05) is 53.2 Å². The molecule has 0 bridgehead atoms. The van der Waals surface area contributed by atoms with Gasteiger partial charge in [-0.2, -0.15) is 5.10 Å². The first-order chi connectivity index (χ1) is 15.5. The molecule has 1 saturated carbocycles. The summed E-state index contributed by atoms with van der Waals surface area (Å²) in [6.45, 7) is 4.11. The number of para-hydroxylation sites is 1. The van der Waals surface area contributed by atoms with E-state index >= 15 is 0 Å². The summed E-state index contributed by atoms with van der Waals surface area (Å²) in [5, 5.41) is 8.42. The van der Waals surface area contributed by atoms with Crippen LogP contribution < -0.4 is 16.2 Å². The molecule has 0 radical (unpaired) electrons. The molecule has 7 heteroatoms. The molecule has 1 saturated heterocycles. The Bertz CT molecular complexity index is 1150. The Balaban J connectivity index is 1.35. The smallest absolute Gasteiger partial charge is 0.276 e. The van der Waals surface area contributed by atoms with Crippen LogP contribution in [0.5, 0.6) is 0 Å². The maximum atomic E-state index is 13.0. The van der Waals surface area contributed by atoms with Crippen molar-refractivity contribution in [1.82, 2.24) is 20.6 Å². The molecule has 1 aliphatic carbocycles. The summed E-state index contributed by atoms with van der Waals surface area (Å²) >= 11 is 0. The molecule has 3 atom stereocenters. The van der Waals surface area contributed by atoms with Gasteiger partial charge in [-0.05, 0) is 56.4 Å². The first-order valence-electron chi connectivity index (χ1n) is 11.5. The molecule has 7 nitrogen and oxygen atoms in total. The highest BCUT2D eigenvalue weighted by atomic mass is 16.2. The first kappa shape index (κ1) is 20.7. The lowest BCUT2D eigenvalue weighted by atomic mass is 9.72. The average Bonchev–Trinajstić information content (AvgIpc) is 3.21. The Kier molecular flexibility index (Phi) is 5.43. The minimum atomic E-state index is -0.219. The second-order valence-corrected chi connectivity index (χ2v) is 9.15. The van der Waals surface area contributed by atoms with Crippen LogP contribution in [0, 0.1) is 11.8 Å². The predicted molar refractivity (Wildman–Crippen MR) is 124 cm³/mol.